The third-order valence-electron chi connectivity index (χ3n) is 2.61. The minimum absolute atomic E-state index is 0.0858. The molecule has 0 bridgehead atoms. The Balaban J connectivity index is 2.52. The zero-order chi connectivity index (χ0) is 13.8. The second-order valence-corrected chi connectivity index (χ2v) is 3.77. The van der Waals surface area contributed by atoms with Crippen LogP contribution in [0, 0.1) is 11.6 Å². The highest BCUT2D eigenvalue weighted by molar-refractivity contribution is 6.17. The van der Waals surface area contributed by atoms with Gasteiger partial charge in [0.05, 0.1) is 7.11 Å². The first-order valence-electron chi connectivity index (χ1n) is 5.53. The van der Waals surface area contributed by atoms with E-state index in [0.29, 0.717) is 5.56 Å². The largest absolute Gasteiger partial charge is 0.536 e. The molecule has 0 saturated heterocycles. The van der Waals surface area contributed by atoms with E-state index < -0.39 is 19.3 Å². The van der Waals surface area contributed by atoms with Crippen LogP contribution in [0.25, 0.3) is 11.1 Å². The highest BCUT2D eigenvalue weighted by Gasteiger charge is 2.13. The van der Waals surface area contributed by atoms with Gasteiger partial charge in [-0.3, -0.25) is 0 Å². The van der Waals surface area contributed by atoms with Crippen molar-refractivity contribution in [2.75, 3.05) is 7.11 Å². The molecule has 2 aromatic rings. The molecule has 0 heterocycles. The van der Waals surface area contributed by atoms with Crippen molar-refractivity contribution in [2.45, 2.75) is 0 Å². The molecule has 98 valence electrons. The van der Waals surface area contributed by atoms with Crippen LogP contribution in [0.3, 0.4) is 0 Å². The van der Waals surface area contributed by atoms with Gasteiger partial charge in [-0.2, -0.15) is 0 Å². The van der Waals surface area contributed by atoms with Crippen molar-refractivity contribution in [3.63, 3.8) is 0 Å². The summed E-state index contributed by atoms with van der Waals surface area (Å²) < 4.78 is 37.0. The standard InChI is InChI=1S/C13H11BF2O3/c1-18-12-6-10(8-3-2-4-9(15)5-8)11(16)7-13(12)19-14-17/h2-7,14,17H,1H3. The van der Waals surface area contributed by atoms with Crippen molar-refractivity contribution in [2.24, 2.45) is 0 Å². The molecular formula is C13H11BF2O3. The molecule has 0 fully saturated rings. The molecule has 0 aliphatic carbocycles. The van der Waals surface area contributed by atoms with Gasteiger partial charge in [-0.25, -0.2) is 8.78 Å². The van der Waals surface area contributed by atoms with Crippen molar-refractivity contribution in [3.05, 3.63) is 48.0 Å². The number of halogens is 2. The summed E-state index contributed by atoms with van der Waals surface area (Å²) in [7, 11) is 0.807. The fourth-order valence-corrected chi connectivity index (χ4v) is 1.75. The first-order chi connectivity index (χ1) is 9.15. The first kappa shape index (κ1) is 13.4. The summed E-state index contributed by atoms with van der Waals surface area (Å²) in [6.07, 6.45) is 0. The SMILES string of the molecule is COc1cc(-c2cccc(F)c2)c(F)cc1OBO. The Labute approximate surface area is 109 Å². The molecule has 0 aliphatic heterocycles. The van der Waals surface area contributed by atoms with E-state index >= 15 is 0 Å². The maximum atomic E-state index is 14.0. The fourth-order valence-electron chi connectivity index (χ4n) is 1.75. The monoisotopic (exact) mass is 264 g/mol. The smallest absolute Gasteiger partial charge is 0.504 e. The van der Waals surface area contributed by atoms with Crippen LogP contribution >= 0.6 is 0 Å². The lowest BCUT2D eigenvalue weighted by molar-refractivity contribution is 0.380. The van der Waals surface area contributed by atoms with E-state index in [4.69, 9.17) is 14.4 Å². The van der Waals surface area contributed by atoms with Gasteiger partial charge in [-0.15, -0.1) is 0 Å². The van der Waals surface area contributed by atoms with Crippen LogP contribution in [0.15, 0.2) is 36.4 Å². The molecule has 0 spiro atoms. The summed E-state index contributed by atoms with van der Waals surface area (Å²) in [5.41, 5.74) is 0.591. The summed E-state index contributed by atoms with van der Waals surface area (Å²) in [6, 6.07) is 8.08. The zero-order valence-electron chi connectivity index (χ0n) is 10.2. The summed E-state index contributed by atoms with van der Waals surface area (Å²) >= 11 is 0. The molecule has 2 rings (SSSR count). The Morgan fingerprint density at radius 1 is 1.11 bits per heavy atom. The maximum absolute atomic E-state index is 14.0. The molecule has 0 aromatic heterocycles. The average Bonchev–Trinajstić information content (AvgIpc) is 2.39. The van der Waals surface area contributed by atoms with Crippen LogP contribution in [0.1, 0.15) is 0 Å². The molecule has 1 N–H and O–H groups in total. The Hall–Kier alpha value is -2.08. The summed E-state index contributed by atoms with van der Waals surface area (Å²) in [4.78, 5) is 0. The van der Waals surface area contributed by atoms with Gasteiger partial charge in [0.25, 0.3) is 0 Å². The van der Waals surface area contributed by atoms with Crippen LogP contribution in [0.5, 0.6) is 11.5 Å². The lowest BCUT2D eigenvalue weighted by atomic mass is 10.0. The van der Waals surface area contributed by atoms with Gasteiger partial charge in [0.1, 0.15) is 17.4 Å². The summed E-state index contributed by atoms with van der Waals surface area (Å²) in [6.45, 7) is 0. The third-order valence-corrected chi connectivity index (χ3v) is 2.61. The zero-order valence-corrected chi connectivity index (χ0v) is 10.2. The summed E-state index contributed by atoms with van der Waals surface area (Å²) in [5, 5.41) is 8.70. The van der Waals surface area contributed by atoms with Crippen LogP contribution in [-0.2, 0) is 0 Å². The second kappa shape index (κ2) is 5.71. The van der Waals surface area contributed by atoms with Gasteiger partial charge in [0.2, 0.25) is 0 Å². The molecule has 0 atom stereocenters. The molecule has 6 heteroatoms. The van der Waals surface area contributed by atoms with Crippen molar-refractivity contribution in [1.29, 1.82) is 0 Å². The average molecular weight is 264 g/mol. The van der Waals surface area contributed by atoms with E-state index in [1.165, 1.54) is 31.4 Å². The van der Waals surface area contributed by atoms with Crippen molar-refractivity contribution in [1.82, 2.24) is 0 Å². The Morgan fingerprint density at radius 3 is 2.53 bits per heavy atom. The minimum Gasteiger partial charge on any atom is -0.536 e. The van der Waals surface area contributed by atoms with Gasteiger partial charge in [-0.05, 0) is 23.8 Å². The number of ether oxygens (including phenoxy) is 1. The fraction of sp³-hybridized carbons (Fsp3) is 0.0769. The van der Waals surface area contributed by atoms with E-state index in [0.717, 1.165) is 6.07 Å². The molecule has 0 saturated carbocycles. The van der Waals surface area contributed by atoms with E-state index in [1.54, 1.807) is 6.07 Å². The predicted octanol–water partition coefficient (Wildman–Crippen LogP) is 2.28. The van der Waals surface area contributed by atoms with Crippen LogP contribution in [0.2, 0.25) is 0 Å². The number of benzene rings is 2. The van der Waals surface area contributed by atoms with E-state index in [1.807, 2.05) is 0 Å². The highest BCUT2D eigenvalue weighted by atomic mass is 19.1. The molecule has 0 unspecified atom stereocenters. The number of methoxy groups -OCH3 is 1. The first-order valence-corrected chi connectivity index (χ1v) is 5.53. The molecule has 2 aromatic carbocycles. The van der Waals surface area contributed by atoms with Crippen LogP contribution in [0.4, 0.5) is 8.78 Å². The minimum atomic E-state index is -0.588. The van der Waals surface area contributed by atoms with Gasteiger partial charge in [0, 0.05) is 11.6 Å². The summed E-state index contributed by atoms with van der Waals surface area (Å²) in [5.74, 6) is -0.696. The Bertz CT molecular complexity index is 590. The molecule has 0 amide bonds. The normalized spacial score (nSPS) is 10.1. The molecule has 0 aliphatic rings. The highest BCUT2D eigenvalue weighted by Crippen LogP contribution is 2.35. The molecule has 0 radical (unpaired) electrons. The van der Waals surface area contributed by atoms with Crippen LogP contribution < -0.4 is 9.39 Å². The van der Waals surface area contributed by atoms with E-state index in [2.05, 4.69) is 0 Å². The molecular weight excluding hydrogens is 253 g/mol. The van der Waals surface area contributed by atoms with Gasteiger partial charge in [-0.1, -0.05) is 12.1 Å². The third kappa shape index (κ3) is 2.85. The van der Waals surface area contributed by atoms with E-state index in [-0.39, 0.29) is 17.1 Å². The maximum Gasteiger partial charge on any atom is 0.504 e. The molecule has 3 nitrogen and oxygen atoms in total. The van der Waals surface area contributed by atoms with Gasteiger partial charge < -0.3 is 14.4 Å². The van der Waals surface area contributed by atoms with Crippen molar-refractivity contribution >= 4 is 7.69 Å². The quantitative estimate of drug-likeness (QED) is 0.861. The van der Waals surface area contributed by atoms with E-state index in [9.17, 15) is 8.78 Å². The van der Waals surface area contributed by atoms with Gasteiger partial charge >= 0.3 is 7.69 Å². The van der Waals surface area contributed by atoms with Crippen LogP contribution in [-0.4, -0.2) is 19.8 Å². The predicted molar refractivity (Wildman–Crippen MR) is 68.3 cm³/mol. The topological polar surface area (TPSA) is 38.7 Å². The molecule has 19 heavy (non-hydrogen) atoms. The Morgan fingerprint density at radius 2 is 1.89 bits per heavy atom. The second-order valence-electron chi connectivity index (χ2n) is 3.77. The lowest BCUT2D eigenvalue weighted by Gasteiger charge is -2.12. The number of rotatable bonds is 4. The lowest BCUT2D eigenvalue weighted by Crippen LogP contribution is -2.02. The van der Waals surface area contributed by atoms with Gasteiger partial charge in [0.15, 0.2) is 5.75 Å². The van der Waals surface area contributed by atoms with Crippen molar-refractivity contribution < 1.29 is 23.2 Å². The number of hydrogen-bond donors (Lipinski definition) is 1. The Kier molecular flexibility index (Phi) is 4.01. The van der Waals surface area contributed by atoms with Crippen molar-refractivity contribution in [3.8, 4) is 22.6 Å². The number of hydrogen-bond acceptors (Lipinski definition) is 3.